The van der Waals surface area contributed by atoms with E-state index < -0.39 is 23.2 Å². The molecule has 1 aromatic heterocycles. The number of anilines is 1. The lowest BCUT2D eigenvalue weighted by Gasteiger charge is -2.17. The average molecular weight is 272 g/mol. The number of aromatic nitrogens is 1. The standard InChI is InChI=1S/C9H12N4O4S/c1-9(2,7(10)16)17-13-5(6(14)15)4-3-18-8(11)12-4/h3H,1-2H3,(H2,10,16)(H2,11,12)(H,14,15)/b13-5-. The average Bonchev–Trinajstić information content (AvgIpc) is 2.64. The predicted molar refractivity (Wildman–Crippen MR) is 65.1 cm³/mol. The van der Waals surface area contributed by atoms with E-state index in [9.17, 15) is 9.59 Å². The number of carboxylic acid groups (broad SMARTS) is 1. The van der Waals surface area contributed by atoms with E-state index in [-0.39, 0.29) is 10.8 Å². The molecule has 18 heavy (non-hydrogen) atoms. The minimum atomic E-state index is -1.41. The van der Waals surface area contributed by atoms with E-state index >= 15 is 0 Å². The first-order valence-corrected chi connectivity index (χ1v) is 5.62. The van der Waals surface area contributed by atoms with Crippen LogP contribution in [0.5, 0.6) is 0 Å². The molecule has 9 heteroatoms. The first-order chi connectivity index (χ1) is 8.24. The van der Waals surface area contributed by atoms with Gasteiger partial charge in [0, 0.05) is 5.38 Å². The molecule has 0 atom stereocenters. The van der Waals surface area contributed by atoms with Gasteiger partial charge in [-0.3, -0.25) is 4.79 Å². The maximum Gasteiger partial charge on any atom is 0.360 e. The molecule has 0 unspecified atom stereocenters. The lowest BCUT2D eigenvalue weighted by molar-refractivity contribution is -0.140. The molecule has 0 aliphatic rings. The molecule has 0 saturated heterocycles. The Morgan fingerprint density at radius 1 is 1.56 bits per heavy atom. The fraction of sp³-hybridized carbons (Fsp3) is 0.333. The van der Waals surface area contributed by atoms with Crippen LogP contribution in [0.1, 0.15) is 19.5 Å². The van der Waals surface area contributed by atoms with Gasteiger partial charge in [0.15, 0.2) is 5.13 Å². The molecule has 0 aliphatic carbocycles. The van der Waals surface area contributed by atoms with Gasteiger partial charge in [0.1, 0.15) is 5.69 Å². The number of oxime groups is 1. The molecule has 1 aromatic rings. The first kappa shape index (κ1) is 13.9. The Morgan fingerprint density at radius 2 is 2.17 bits per heavy atom. The van der Waals surface area contributed by atoms with E-state index in [1.54, 1.807) is 0 Å². The minimum Gasteiger partial charge on any atom is -0.476 e. The summed E-state index contributed by atoms with van der Waals surface area (Å²) in [5.41, 5.74) is 8.65. The van der Waals surface area contributed by atoms with Gasteiger partial charge in [-0.05, 0) is 13.8 Å². The Hall–Kier alpha value is -2.16. The third-order valence-electron chi connectivity index (χ3n) is 1.93. The second kappa shape index (κ2) is 5.00. The molecule has 98 valence electrons. The summed E-state index contributed by atoms with van der Waals surface area (Å²) in [5.74, 6) is -2.12. The number of hydrogen-bond acceptors (Lipinski definition) is 7. The SMILES string of the molecule is CC(C)(O/N=C(\C(=O)O)c1csc(N)n1)C(N)=O. The summed E-state index contributed by atoms with van der Waals surface area (Å²) in [6.45, 7) is 2.74. The van der Waals surface area contributed by atoms with Gasteiger partial charge in [0.2, 0.25) is 11.3 Å². The normalized spacial score (nSPS) is 12.2. The van der Waals surface area contributed by atoms with Crippen molar-refractivity contribution in [3.8, 4) is 0 Å². The summed E-state index contributed by atoms with van der Waals surface area (Å²) < 4.78 is 0. The highest BCUT2D eigenvalue weighted by Gasteiger charge is 2.28. The van der Waals surface area contributed by atoms with Gasteiger partial charge >= 0.3 is 5.97 Å². The monoisotopic (exact) mass is 272 g/mol. The van der Waals surface area contributed by atoms with Gasteiger partial charge in [-0.2, -0.15) is 0 Å². The zero-order chi connectivity index (χ0) is 13.9. The van der Waals surface area contributed by atoms with E-state index in [4.69, 9.17) is 21.4 Å². The Bertz CT molecular complexity index is 508. The van der Waals surface area contributed by atoms with E-state index in [1.807, 2.05) is 0 Å². The summed E-state index contributed by atoms with van der Waals surface area (Å²) >= 11 is 1.07. The number of carbonyl (C=O) groups is 2. The van der Waals surface area contributed by atoms with Crippen molar-refractivity contribution < 1.29 is 19.5 Å². The quantitative estimate of drug-likeness (QED) is 0.500. The second-order valence-corrected chi connectivity index (χ2v) is 4.67. The second-order valence-electron chi connectivity index (χ2n) is 3.78. The zero-order valence-corrected chi connectivity index (χ0v) is 10.5. The van der Waals surface area contributed by atoms with Crippen LogP contribution in [0.4, 0.5) is 5.13 Å². The van der Waals surface area contributed by atoms with Crippen molar-refractivity contribution in [2.24, 2.45) is 10.9 Å². The van der Waals surface area contributed by atoms with Gasteiger partial charge < -0.3 is 21.4 Å². The van der Waals surface area contributed by atoms with Crippen LogP contribution in [-0.4, -0.2) is 33.3 Å². The van der Waals surface area contributed by atoms with Crippen molar-refractivity contribution in [2.75, 3.05) is 5.73 Å². The van der Waals surface area contributed by atoms with Crippen LogP contribution in [0, 0.1) is 0 Å². The van der Waals surface area contributed by atoms with Crippen LogP contribution >= 0.6 is 11.3 Å². The smallest absolute Gasteiger partial charge is 0.360 e. The number of nitrogens with zero attached hydrogens (tertiary/aromatic N) is 2. The number of nitrogens with two attached hydrogens (primary N) is 2. The summed E-state index contributed by atoms with van der Waals surface area (Å²) in [7, 11) is 0. The summed E-state index contributed by atoms with van der Waals surface area (Å²) in [5, 5.41) is 14.0. The molecule has 0 bridgehead atoms. The Labute approximate surface area is 106 Å². The minimum absolute atomic E-state index is 0.0604. The largest absolute Gasteiger partial charge is 0.476 e. The molecular weight excluding hydrogens is 260 g/mol. The lowest BCUT2D eigenvalue weighted by Crippen LogP contribution is -2.39. The molecular formula is C9H12N4O4S. The van der Waals surface area contributed by atoms with Crippen LogP contribution in [0.3, 0.4) is 0 Å². The van der Waals surface area contributed by atoms with Gasteiger partial charge in [0.05, 0.1) is 0 Å². The number of carbonyl (C=O) groups excluding carboxylic acids is 1. The fourth-order valence-corrected chi connectivity index (χ4v) is 1.34. The number of hydrogen-bond donors (Lipinski definition) is 3. The molecule has 1 amide bonds. The van der Waals surface area contributed by atoms with Crippen LogP contribution in [-0.2, 0) is 14.4 Å². The molecule has 0 saturated carbocycles. The van der Waals surface area contributed by atoms with Crippen molar-refractivity contribution in [1.82, 2.24) is 4.98 Å². The topological polar surface area (TPSA) is 141 Å². The van der Waals surface area contributed by atoms with Crippen LogP contribution < -0.4 is 11.5 Å². The van der Waals surface area contributed by atoms with Crippen molar-refractivity contribution in [2.45, 2.75) is 19.4 Å². The van der Waals surface area contributed by atoms with Gasteiger partial charge in [0.25, 0.3) is 5.91 Å². The third-order valence-corrected chi connectivity index (χ3v) is 2.60. The molecule has 1 heterocycles. The van der Waals surface area contributed by atoms with Crippen molar-refractivity contribution in [3.05, 3.63) is 11.1 Å². The molecule has 0 radical (unpaired) electrons. The van der Waals surface area contributed by atoms with Crippen LogP contribution in [0.2, 0.25) is 0 Å². The fourth-order valence-electron chi connectivity index (χ4n) is 0.796. The van der Waals surface area contributed by atoms with E-state index in [0.717, 1.165) is 11.3 Å². The Balaban J connectivity index is 3.01. The van der Waals surface area contributed by atoms with Gasteiger partial charge in [-0.25, -0.2) is 9.78 Å². The maximum atomic E-state index is 11.0. The molecule has 0 spiro atoms. The van der Waals surface area contributed by atoms with E-state index in [0.29, 0.717) is 0 Å². The maximum absolute atomic E-state index is 11.0. The number of nitrogen functional groups attached to an aromatic ring is 1. The number of thiazole rings is 1. The number of rotatable bonds is 5. The molecule has 0 aromatic carbocycles. The third kappa shape index (κ3) is 3.17. The summed E-state index contributed by atoms with van der Waals surface area (Å²) in [6, 6.07) is 0. The predicted octanol–water partition coefficient (Wildman–Crippen LogP) is -0.206. The number of amides is 1. The molecule has 0 aliphatic heterocycles. The van der Waals surface area contributed by atoms with Crippen molar-refractivity contribution in [1.29, 1.82) is 0 Å². The van der Waals surface area contributed by atoms with Crippen molar-refractivity contribution in [3.63, 3.8) is 0 Å². The van der Waals surface area contributed by atoms with E-state index in [2.05, 4.69) is 10.1 Å². The molecule has 5 N–H and O–H groups in total. The Morgan fingerprint density at radius 3 is 2.56 bits per heavy atom. The number of aliphatic carboxylic acids is 1. The van der Waals surface area contributed by atoms with Crippen molar-refractivity contribution >= 4 is 34.1 Å². The Kier molecular flexibility index (Phi) is 3.86. The molecule has 1 rings (SSSR count). The highest BCUT2D eigenvalue weighted by atomic mass is 32.1. The molecule has 0 fully saturated rings. The lowest BCUT2D eigenvalue weighted by atomic mass is 10.1. The number of primary amides is 1. The molecule has 8 nitrogen and oxygen atoms in total. The van der Waals surface area contributed by atoms with Gasteiger partial charge in [-0.1, -0.05) is 5.16 Å². The summed E-state index contributed by atoms with van der Waals surface area (Å²) in [6.07, 6.45) is 0. The highest BCUT2D eigenvalue weighted by Crippen LogP contribution is 2.14. The highest BCUT2D eigenvalue weighted by molar-refractivity contribution is 7.13. The van der Waals surface area contributed by atoms with Gasteiger partial charge in [-0.15, -0.1) is 11.3 Å². The number of carboxylic acids is 1. The van der Waals surface area contributed by atoms with Crippen LogP contribution in [0.25, 0.3) is 0 Å². The van der Waals surface area contributed by atoms with E-state index in [1.165, 1.54) is 19.2 Å². The summed E-state index contributed by atoms with van der Waals surface area (Å²) in [4.78, 5) is 30.6. The van der Waals surface area contributed by atoms with Crippen LogP contribution in [0.15, 0.2) is 10.5 Å². The first-order valence-electron chi connectivity index (χ1n) is 4.75. The zero-order valence-electron chi connectivity index (χ0n) is 9.71.